The summed E-state index contributed by atoms with van der Waals surface area (Å²) in [6.07, 6.45) is 1.22. The van der Waals surface area contributed by atoms with E-state index in [-0.39, 0.29) is 12.2 Å². The van der Waals surface area contributed by atoms with E-state index in [1.807, 2.05) is 20.8 Å². The second-order valence-corrected chi connectivity index (χ2v) is 6.73. The van der Waals surface area contributed by atoms with Crippen LogP contribution in [0.15, 0.2) is 29.5 Å². The molecule has 4 heteroatoms. The van der Waals surface area contributed by atoms with E-state index in [4.69, 9.17) is 9.47 Å². The van der Waals surface area contributed by atoms with E-state index in [1.54, 1.807) is 6.08 Å². The Bertz CT molecular complexity index is 515. The summed E-state index contributed by atoms with van der Waals surface area (Å²) in [5.41, 5.74) is 3.70. The number of epoxide rings is 1. The number of allylic oxidation sites excluding steroid dienone is 1. The molecule has 3 fully saturated rings. The van der Waals surface area contributed by atoms with Gasteiger partial charge >= 0.3 is 0 Å². The first-order valence-electron chi connectivity index (χ1n) is 7.09. The Kier molecular flexibility index (Phi) is 3.02. The van der Waals surface area contributed by atoms with E-state index < -0.39 is 23.4 Å². The van der Waals surface area contributed by atoms with Crippen LogP contribution in [0.4, 0.5) is 0 Å². The van der Waals surface area contributed by atoms with Gasteiger partial charge in [-0.25, -0.2) is 0 Å². The number of hydrogen-bond donors (Lipinski definition) is 2. The number of hydrogen-bond acceptors (Lipinski definition) is 4. The summed E-state index contributed by atoms with van der Waals surface area (Å²) in [7, 11) is 0. The molecule has 0 amide bonds. The van der Waals surface area contributed by atoms with Gasteiger partial charge in [0.2, 0.25) is 0 Å². The van der Waals surface area contributed by atoms with Crippen molar-refractivity contribution < 1.29 is 19.7 Å². The van der Waals surface area contributed by atoms with E-state index in [9.17, 15) is 10.2 Å². The van der Waals surface area contributed by atoms with Gasteiger partial charge < -0.3 is 19.7 Å². The zero-order chi connectivity index (χ0) is 14.7. The lowest BCUT2D eigenvalue weighted by atomic mass is 9.74. The average Bonchev–Trinajstić information content (AvgIpc) is 3.05. The van der Waals surface area contributed by atoms with E-state index in [0.717, 1.165) is 11.1 Å². The fraction of sp³-hybridized carbons (Fsp3) is 0.688. The number of rotatable bonds is 1. The Balaban J connectivity index is 1.89. The molecule has 0 aromatic carbocycles. The highest BCUT2D eigenvalue weighted by molar-refractivity contribution is 5.31. The van der Waals surface area contributed by atoms with Gasteiger partial charge in [0, 0.05) is 18.4 Å². The van der Waals surface area contributed by atoms with Crippen molar-refractivity contribution >= 4 is 0 Å². The lowest BCUT2D eigenvalue weighted by Gasteiger charge is -2.45. The van der Waals surface area contributed by atoms with E-state index >= 15 is 0 Å². The van der Waals surface area contributed by atoms with Gasteiger partial charge in [-0.3, -0.25) is 0 Å². The van der Waals surface area contributed by atoms with Crippen molar-refractivity contribution in [3.63, 3.8) is 0 Å². The van der Waals surface area contributed by atoms with Crippen molar-refractivity contribution in [2.24, 2.45) is 0 Å². The minimum absolute atomic E-state index is 0.129. The molecule has 1 spiro atoms. The number of aliphatic hydroxyl groups is 2. The van der Waals surface area contributed by atoms with Gasteiger partial charge in [0.25, 0.3) is 0 Å². The van der Waals surface area contributed by atoms with E-state index in [1.165, 1.54) is 0 Å². The Labute approximate surface area is 119 Å². The third-order valence-corrected chi connectivity index (χ3v) is 4.63. The van der Waals surface area contributed by atoms with Crippen molar-refractivity contribution in [3.05, 3.63) is 29.5 Å². The maximum atomic E-state index is 10.3. The molecule has 3 aliphatic rings. The molecule has 1 saturated carbocycles. The standard InChI is InChI=1S/C16H22O4/c1-9(2)5-6-10-7-12-16(14(20-16)13(10)18)8-11(17)15(3,4)19-12/h5,11-14,17-18H,1,7-8H2,2-4H3/t6?,11-,12-,13+,14+,16-/m0/s1. The van der Waals surface area contributed by atoms with Gasteiger partial charge in [-0.2, -0.15) is 0 Å². The normalized spacial score (nSPS) is 45.0. The van der Waals surface area contributed by atoms with Gasteiger partial charge in [-0.1, -0.05) is 12.2 Å². The molecule has 0 bridgehead atoms. The molecule has 3 rings (SSSR count). The van der Waals surface area contributed by atoms with Crippen molar-refractivity contribution in [3.8, 4) is 0 Å². The van der Waals surface area contributed by atoms with Crippen LogP contribution in [0.25, 0.3) is 0 Å². The number of ether oxygens (including phenoxy) is 2. The first-order valence-corrected chi connectivity index (χ1v) is 7.09. The molecule has 20 heavy (non-hydrogen) atoms. The van der Waals surface area contributed by atoms with Crippen LogP contribution in [0.2, 0.25) is 0 Å². The smallest absolute Gasteiger partial charge is 0.127 e. The lowest BCUT2D eigenvalue weighted by Crippen LogP contribution is -2.58. The molecule has 0 aromatic rings. The van der Waals surface area contributed by atoms with Gasteiger partial charge in [-0.05, 0) is 26.8 Å². The van der Waals surface area contributed by atoms with Crippen molar-refractivity contribution in [1.29, 1.82) is 0 Å². The first kappa shape index (κ1) is 14.1. The van der Waals surface area contributed by atoms with E-state index in [2.05, 4.69) is 12.3 Å². The highest BCUT2D eigenvalue weighted by Crippen LogP contribution is 2.57. The monoisotopic (exact) mass is 278 g/mol. The third kappa shape index (κ3) is 2.00. The summed E-state index contributed by atoms with van der Waals surface area (Å²) < 4.78 is 11.8. The second kappa shape index (κ2) is 4.30. The van der Waals surface area contributed by atoms with Crippen LogP contribution in [0, 0.1) is 0 Å². The second-order valence-electron chi connectivity index (χ2n) is 6.73. The van der Waals surface area contributed by atoms with Crippen LogP contribution < -0.4 is 0 Å². The quantitative estimate of drug-likeness (QED) is 0.433. The Morgan fingerprint density at radius 3 is 2.75 bits per heavy atom. The first-order chi connectivity index (χ1) is 9.26. The predicted octanol–water partition coefficient (Wildman–Crippen LogP) is 1.47. The summed E-state index contributed by atoms with van der Waals surface area (Å²) in [6, 6.07) is 0. The lowest BCUT2D eigenvalue weighted by molar-refractivity contribution is -0.200. The molecule has 110 valence electrons. The summed E-state index contributed by atoms with van der Waals surface area (Å²) in [5.74, 6) is 0. The van der Waals surface area contributed by atoms with Gasteiger partial charge in [0.05, 0.1) is 17.8 Å². The van der Waals surface area contributed by atoms with Gasteiger partial charge in [0.1, 0.15) is 17.8 Å². The molecule has 2 aliphatic heterocycles. The minimum atomic E-state index is -0.668. The SMILES string of the molecule is C=C(C)C=C=C1C[C@@H]2OC(C)(C)[C@@H](O)C[C@]23O[C@@H]3[C@@H]1O. The number of aliphatic hydroxyl groups excluding tert-OH is 2. The predicted molar refractivity (Wildman–Crippen MR) is 74.2 cm³/mol. The molecule has 2 saturated heterocycles. The molecule has 1 aliphatic carbocycles. The summed E-state index contributed by atoms with van der Waals surface area (Å²) >= 11 is 0. The molecular weight excluding hydrogens is 256 g/mol. The largest absolute Gasteiger partial charge is 0.390 e. The molecule has 0 aromatic heterocycles. The summed E-state index contributed by atoms with van der Waals surface area (Å²) in [6.45, 7) is 9.46. The molecule has 0 unspecified atom stereocenters. The van der Waals surface area contributed by atoms with Crippen LogP contribution >= 0.6 is 0 Å². The zero-order valence-corrected chi connectivity index (χ0v) is 12.2. The molecule has 2 heterocycles. The topological polar surface area (TPSA) is 62.2 Å². The maximum Gasteiger partial charge on any atom is 0.127 e. The molecule has 2 N–H and O–H groups in total. The van der Waals surface area contributed by atoms with Crippen LogP contribution in [-0.4, -0.2) is 45.8 Å². The highest BCUT2D eigenvalue weighted by atomic mass is 16.7. The van der Waals surface area contributed by atoms with Gasteiger partial charge in [0.15, 0.2) is 0 Å². The zero-order valence-electron chi connectivity index (χ0n) is 12.2. The van der Waals surface area contributed by atoms with Crippen LogP contribution in [0.5, 0.6) is 0 Å². The summed E-state index contributed by atoms with van der Waals surface area (Å²) in [4.78, 5) is 0. The average molecular weight is 278 g/mol. The fourth-order valence-electron chi connectivity index (χ4n) is 3.26. The molecule has 4 nitrogen and oxygen atoms in total. The van der Waals surface area contributed by atoms with E-state index in [0.29, 0.717) is 12.8 Å². The van der Waals surface area contributed by atoms with Crippen molar-refractivity contribution in [2.45, 2.75) is 69.2 Å². The fourth-order valence-corrected chi connectivity index (χ4v) is 3.26. The van der Waals surface area contributed by atoms with Crippen molar-refractivity contribution in [1.82, 2.24) is 0 Å². The van der Waals surface area contributed by atoms with Crippen LogP contribution in [0.1, 0.15) is 33.6 Å². The van der Waals surface area contributed by atoms with Crippen molar-refractivity contribution in [2.75, 3.05) is 0 Å². The Morgan fingerprint density at radius 1 is 1.40 bits per heavy atom. The Hall–Kier alpha value is -0.900. The Morgan fingerprint density at radius 2 is 2.10 bits per heavy atom. The van der Waals surface area contributed by atoms with Crippen LogP contribution in [0.3, 0.4) is 0 Å². The van der Waals surface area contributed by atoms with Gasteiger partial charge in [-0.15, -0.1) is 5.73 Å². The minimum Gasteiger partial charge on any atom is -0.390 e. The molecular formula is C16H22O4. The maximum absolute atomic E-state index is 10.3. The molecule has 0 radical (unpaired) electrons. The third-order valence-electron chi connectivity index (χ3n) is 4.63. The highest BCUT2D eigenvalue weighted by Gasteiger charge is 2.71. The summed E-state index contributed by atoms with van der Waals surface area (Å²) in [5, 5.41) is 20.5. The molecule has 5 atom stereocenters. The van der Waals surface area contributed by atoms with Crippen LogP contribution in [-0.2, 0) is 9.47 Å².